The van der Waals surface area contributed by atoms with Crippen molar-refractivity contribution in [2.45, 2.75) is 19.4 Å². The molecule has 106 valence electrons. The molecule has 1 atom stereocenters. The summed E-state index contributed by atoms with van der Waals surface area (Å²) >= 11 is 4.92. The maximum atomic E-state index is 12.6. The predicted octanol–water partition coefficient (Wildman–Crippen LogP) is 0.671. The van der Waals surface area contributed by atoms with Crippen molar-refractivity contribution >= 4 is 29.0 Å². The zero-order chi connectivity index (χ0) is 14.7. The fourth-order valence-corrected chi connectivity index (χ4v) is 2.46. The Hall–Kier alpha value is -1.95. The van der Waals surface area contributed by atoms with Crippen molar-refractivity contribution in [2.24, 2.45) is 5.73 Å². The Morgan fingerprint density at radius 2 is 2.20 bits per heavy atom. The number of nitrogens with one attached hydrogen (secondary N) is 1. The van der Waals surface area contributed by atoms with E-state index in [1.807, 2.05) is 6.92 Å². The summed E-state index contributed by atoms with van der Waals surface area (Å²) in [5.41, 5.74) is 6.74. The van der Waals surface area contributed by atoms with Gasteiger partial charge in [-0.25, -0.2) is 0 Å². The van der Waals surface area contributed by atoms with Gasteiger partial charge in [-0.2, -0.15) is 0 Å². The number of hydrogen-bond acceptors (Lipinski definition) is 3. The van der Waals surface area contributed by atoms with E-state index in [2.05, 4.69) is 5.32 Å². The first-order chi connectivity index (χ1) is 9.54. The highest BCUT2D eigenvalue weighted by atomic mass is 32.1. The molecular weight excluding hydrogens is 274 g/mol. The van der Waals surface area contributed by atoms with Gasteiger partial charge in [0.1, 0.15) is 11.0 Å². The average molecular weight is 291 g/mol. The second kappa shape index (κ2) is 6.00. The van der Waals surface area contributed by atoms with E-state index < -0.39 is 6.04 Å². The molecule has 0 spiro atoms. The largest absolute Gasteiger partial charge is 0.389 e. The zero-order valence-corrected chi connectivity index (χ0v) is 12.1. The number of thiocarbonyl (C=S) groups is 1. The molecule has 2 amide bonds. The molecule has 1 aliphatic rings. The molecule has 2 rings (SSSR count). The number of piperazine rings is 1. The Balaban J connectivity index is 2.28. The van der Waals surface area contributed by atoms with Gasteiger partial charge in [-0.05, 0) is 18.6 Å². The van der Waals surface area contributed by atoms with E-state index in [1.54, 1.807) is 29.2 Å². The monoisotopic (exact) mass is 291 g/mol. The van der Waals surface area contributed by atoms with Crippen LogP contribution in [0.25, 0.3) is 0 Å². The van der Waals surface area contributed by atoms with E-state index in [1.165, 1.54) is 0 Å². The third kappa shape index (κ3) is 2.80. The molecule has 6 heteroatoms. The van der Waals surface area contributed by atoms with Crippen LogP contribution >= 0.6 is 12.2 Å². The molecule has 1 aliphatic heterocycles. The van der Waals surface area contributed by atoms with Crippen molar-refractivity contribution in [3.63, 3.8) is 0 Å². The molecule has 1 saturated heterocycles. The van der Waals surface area contributed by atoms with E-state index in [0.29, 0.717) is 30.6 Å². The summed E-state index contributed by atoms with van der Waals surface area (Å²) in [6, 6.07) is 6.48. The van der Waals surface area contributed by atoms with E-state index in [0.717, 1.165) is 0 Å². The molecule has 0 radical (unpaired) electrons. The quantitative estimate of drug-likeness (QED) is 0.803. The first-order valence-corrected chi connectivity index (χ1v) is 6.94. The molecule has 1 heterocycles. The Morgan fingerprint density at radius 1 is 1.50 bits per heavy atom. The van der Waals surface area contributed by atoms with Crippen molar-refractivity contribution in [3.05, 3.63) is 35.4 Å². The fraction of sp³-hybridized carbons (Fsp3) is 0.357. The van der Waals surface area contributed by atoms with Crippen LogP contribution in [0.5, 0.6) is 0 Å². The molecule has 0 aromatic heterocycles. The third-order valence-corrected chi connectivity index (χ3v) is 3.61. The highest BCUT2D eigenvalue weighted by molar-refractivity contribution is 7.80. The number of hydrogen-bond donors (Lipinski definition) is 2. The molecule has 1 aromatic carbocycles. The molecule has 0 saturated carbocycles. The van der Waals surface area contributed by atoms with Crippen LogP contribution in [0.15, 0.2) is 24.3 Å². The minimum absolute atomic E-state index is 0.0994. The Kier molecular flexibility index (Phi) is 4.34. The lowest BCUT2D eigenvalue weighted by atomic mass is 10.1. The Labute approximate surface area is 123 Å². The molecule has 1 unspecified atom stereocenters. The summed E-state index contributed by atoms with van der Waals surface area (Å²) in [6.07, 6.45) is 0.590. The van der Waals surface area contributed by atoms with Gasteiger partial charge in [-0.3, -0.25) is 9.59 Å². The van der Waals surface area contributed by atoms with Gasteiger partial charge in [0.15, 0.2) is 0 Å². The maximum Gasteiger partial charge on any atom is 0.254 e. The number of carbonyl (C=O) groups is 2. The molecule has 3 N–H and O–H groups in total. The number of rotatable bonds is 3. The summed E-state index contributed by atoms with van der Waals surface area (Å²) < 4.78 is 0. The molecule has 0 bridgehead atoms. The van der Waals surface area contributed by atoms with Gasteiger partial charge in [0.05, 0.1) is 0 Å². The average Bonchev–Trinajstić information content (AvgIpc) is 2.46. The number of nitrogens with two attached hydrogens (primary N) is 1. The molecule has 5 nitrogen and oxygen atoms in total. The second-order valence-electron chi connectivity index (χ2n) is 4.66. The molecule has 1 aromatic rings. The number of carbonyl (C=O) groups excluding carboxylic acids is 2. The predicted molar refractivity (Wildman–Crippen MR) is 80.5 cm³/mol. The second-order valence-corrected chi connectivity index (χ2v) is 5.10. The standard InChI is InChI=1S/C14H17N3O2S/c1-2-11-13(18)16-6-7-17(11)14(19)10-5-3-4-9(8-10)12(15)20/h3-5,8,11H,2,6-7H2,1H3,(H2,15,20)(H,16,18). The van der Waals surface area contributed by atoms with Crippen molar-refractivity contribution in [2.75, 3.05) is 13.1 Å². The summed E-state index contributed by atoms with van der Waals surface area (Å²) in [4.78, 5) is 26.2. The van der Waals surface area contributed by atoms with Crippen LogP contribution in [0.2, 0.25) is 0 Å². The minimum atomic E-state index is -0.412. The Morgan fingerprint density at radius 3 is 2.85 bits per heavy atom. The lowest BCUT2D eigenvalue weighted by molar-refractivity contribution is -0.127. The van der Waals surface area contributed by atoms with Gasteiger partial charge in [0.2, 0.25) is 5.91 Å². The number of benzene rings is 1. The van der Waals surface area contributed by atoms with E-state index in [-0.39, 0.29) is 16.8 Å². The summed E-state index contributed by atoms with van der Waals surface area (Å²) in [5.74, 6) is -0.262. The minimum Gasteiger partial charge on any atom is -0.389 e. The lowest BCUT2D eigenvalue weighted by Crippen LogP contribution is -2.56. The summed E-state index contributed by atoms with van der Waals surface area (Å²) in [6.45, 7) is 2.89. The molecule has 0 aliphatic carbocycles. The van der Waals surface area contributed by atoms with Crippen LogP contribution in [0, 0.1) is 0 Å². The van der Waals surface area contributed by atoms with Gasteiger partial charge in [-0.15, -0.1) is 0 Å². The van der Waals surface area contributed by atoms with Gasteiger partial charge >= 0.3 is 0 Å². The summed E-state index contributed by atoms with van der Waals surface area (Å²) in [7, 11) is 0. The first-order valence-electron chi connectivity index (χ1n) is 6.53. The van der Waals surface area contributed by atoms with Crippen LogP contribution < -0.4 is 11.1 Å². The number of amides is 2. The Bertz CT molecular complexity index is 559. The molecule has 1 fully saturated rings. The van der Waals surface area contributed by atoms with Crippen LogP contribution in [-0.4, -0.2) is 40.8 Å². The normalized spacial score (nSPS) is 18.6. The molecular formula is C14H17N3O2S. The fourth-order valence-electron chi connectivity index (χ4n) is 2.33. The van der Waals surface area contributed by atoms with Crippen molar-refractivity contribution in [1.29, 1.82) is 0 Å². The third-order valence-electron chi connectivity index (χ3n) is 3.37. The number of nitrogens with zero attached hydrogens (tertiary/aromatic N) is 1. The van der Waals surface area contributed by atoms with E-state index in [9.17, 15) is 9.59 Å². The van der Waals surface area contributed by atoms with Gasteiger partial charge in [0.25, 0.3) is 5.91 Å². The van der Waals surface area contributed by atoms with Crippen LogP contribution in [-0.2, 0) is 4.79 Å². The van der Waals surface area contributed by atoms with Gasteiger partial charge < -0.3 is 16.0 Å². The van der Waals surface area contributed by atoms with Crippen LogP contribution in [0.1, 0.15) is 29.3 Å². The lowest BCUT2D eigenvalue weighted by Gasteiger charge is -2.34. The van der Waals surface area contributed by atoms with Crippen LogP contribution in [0.4, 0.5) is 0 Å². The van der Waals surface area contributed by atoms with Crippen molar-refractivity contribution < 1.29 is 9.59 Å². The van der Waals surface area contributed by atoms with Crippen molar-refractivity contribution in [3.8, 4) is 0 Å². The zero-order valence-electron chi connectivity index (χ0n) is 11.3. The smallest absolute Gasteiger partial charge is 0.254 e. The molecule has 20 heavy (non-hydrogen) atoms. The topological polar surface area (TPSA) is 75.4 Å². The SMILES string of the molecule is CCC1C(=O)NCCN1C(=O)c1cccc(C(N)=S)c1. The maximum absolute atomic E-state index is 12.6. The van der Waals surface area contributed by atoms with Gasteiger partial charge in [-0.1, -0.05) is 31.3 Å². The van der Waals surface area contributed by atoms with E-state index in [4.69, 9.17) is 18.0 Å². The van der Waals surface area contributed by atoms with Gasteiger partial charge in [0, 0.05) is 24.2 Å². The summed E-state index contributed by atoms with van der Waals surface area (Å²) in [5, 5.41) is 2.78. The highest BCUT2D eigenvalue weighted by Gasteiger charge is 2.32. The highest BCUT2D eigenvalue weighted by Crippen LogP contribution is 2.15. The van der Waals surface area contributed by atoms with Crippen LogP contribution in [0.3, 0.4) is 0 Å². The first kappa shape index (κ1) is 14.5. The van der Waals surface area contributed by atoms with E-state index >= 15 is 0 Å². The van der Waals surface area contributed by atoms with Crippen molar-refractivity contribution in [1.82, 2.24) is 10.2 Å².